The van der Waals surface area contributed by atoms with Gasteiger partial charge in [-0.3, -0.25) is 9.48 Å². The van der Waals surface area contributed by atoms with Crippen LogP contribution in [0.5, 0.6) is 0 Å². The van der Waals surface area contributed by atoms with Crippen molar-refractivity contribution in [3.63, 3.8) is 0 Å². The van der Waals surface area contributed by atoms with Crippen LogP contribution in [0.3, 0.4) is 0 Å². The molecule has 0 atom stereocenters. The van der Waals surface area contributed by atoms with Gasteiger partial charge in [0.25, 0.3) is 0 Å². The first-order valence-electron chi connectivity index (χ1n) is 8.26. The maximum atomic E-state index is 12.7. The van der Waals surface area contributed by atoms with Crippen molar-refractivity contribution >= 4 is 15.9 Å². The van der Waals surface area contributed by atoms with Gasteiger partial charge in [-0.25, -0.2) is 8.42 Å². The maximum absolute atomic E-state index is 12.7. The van der Waals surface area contributed by atoms with E-state index in [-0.39, 0.29) is 16.7 Å². The molecule has 2 heterocycles. The molecule has 0 spiro atoms. The number of nitrogens with zero attached hydrogens (tertiary/aromatic N) is 4. The molecule has 0 aromatic carbocycles. The van der Waals surface area contributed by atoms with E-state index in [2.05, 4.69) is 5.10 Å². The van der Waals surface area contributed by atoms with E-state index in [1.54, 1.807) is 7.05 Å². The van der Waals surface area contributed by atoms with Crippen molar-refractivity contribution in [2.75, 3.05) is 26.2 Å². The fraction of sp³-hybridized carbons (Fsp3) is 0.733. The van der Waals surface area contributed by atoms with Gasteiger partial charge in [0.05, 0.1) is 6.20 Å². The van der Waals surface area contributed by atoms with Gasteiger partial charge in [-0.15, -0.1) is 0 Å². The summed E-state index contributed by atoms with van der Waals surface area (Å²) in [4.78, 5) is 14.6. The highest BCUT2D eigenvalue weighted by atomic mass is 32.2. The molecule has 128 valence electrons. The summed E-state index contributed by atoms with van der Waals surface area (Å²) in [6, 6.07) is 0. The van der Waals surface area contributed by atoms with Gasteiger partial charge in [-0.05, 0) is 19.3 Å². The van der Waals surface area contributed by atoms with Gasteiger partial charge in [0.1, 0.15) is 4.90 Å². The molecule has 8 heteroatoms. The Morgan fingerprint density at radius 1 is 1.13 bits per heavy atom. The zero-order valence-electron chi connectivity index (χ0n) is 13.5. The molecule has 0 radical (unpaired) electrons. The van der Waals surface area contributed by atoms with Gasteiger partial charge in [0.15, 0.2) is 0 Å². The molecule has 1 aromatic rings. The van der Waals surface area contributed by atoms with Crippen LogP contribution < -0.4 is 0 Å². The number of amides is 1. The van der Waals surface area contributed by atoms with Crippen molar-refractivity contribution in [2.24, 2.45) is 13.0 Å². The number of rotatable bonds is 3. The third-order valence-corrected chi connectivity index (χ3v) is 6.64. The number of carbonyl (C=O) groups excluding carboxylic acids is 1. The van der Waals surface area contributed by atoms with E-state index in [1.165, 1.54) is 21.4 Å². The molecule has 1 amide bonds. The summed E-state index contributed by atoms with van der Waals surface area (Å²) in [5.41, 5.74) is 0. The Morgan fingerprint density at radius 2 is 1.87 bits per heavy atom. The van der Waals surface area contributed by atoms with Gasteiger partial charge in [-0.2, -0.15) is 9.40 Å². The number of carbonyl (C=O) groups is 1. The molecule has 2 fully saturated rings. The normalized spacial score (nSPS) is 21.5. The number of aryl methyl sites for hydroxylation is 1. The highest BCUT2D eigenvalue weighted by Crippen LogP contribution is 2.27. The Labute approximate surface area is 137 Å². The van der Waals surface area contributed by atoms with Crippen molar-refractivity contribution in [2.45, 2.75) is 37.0 Å². The van der Waals surface area contributed by atoms with E-state index >= 15 is 0 Å². The second kappa shape index (κ2) is 6.60. The Morgan fingerprint density at radius 3 is 2.52 bits per heavy atom. The fourth-order valence-corrected chi connectivity index (χ4v) is 4.92. The zero-order valence-corrected chi connectivity index (χ0v) is 14.3. The molecule has 0 unspecified atom stereocenters. The van der Waals surface area contributed by atoms with E-state index in [0.717, 1.165) is 25.7 Å². The van der Waals surface area contributed by atoms with Crippen LogP contribution in [-0.2, 0) is 21.9 Å². The van der Waals surface area contributed by atoms with Gasteiger partial charge in [0.2, 0.25) is 15.9 Å². The molecular weight excluding hydrogens is 316 g/mol. The van der Waals surface area contributed by atoms with Crippen molar-refractivity contribution in [3.8, 4) is 0 Å². The minimum atomic E-state index is -3.52. The molecular formula is C15H24N4O3S. The summed E-state index contributed by atoms with van der Waals surface area (Å²) in [6.45, 7) is 1.94. The van der Waals surface area contributed by atoms with Crippen LogP contribution in [0, 0.1) is 5.92 Å². The smallest absolute Gasteiger partial charge is 0.246 e. The Balaban J connectivity index is 1.67. The van der Waals surface area contributed by atoms with Gasteiger partial charge < -0.3 is 4.90 Å². The van der Waals surface area contributed by atoms with Crippen molar-refractivity contribution < 1.29 is 13.2 Å². The SMILES string of the molecule is Cn1cc(S(=O)(=O)N2CCCN(C(=O)C3CCCC3)CC2)cn1. The molecule has 1 aliphatic heterocycles. The van der Waals surface area contributed by atoms with Crippen LogP contribution >= 0.6 is 0 Å². The molecule has 2 aliphatic rings. The van der Waals surface area contributed by atoms with E-state index in [9.17, 15) is 13.2 Å². The first kappa shape index (κ1) is 16.4. The lowest BCUT2D eigenvalue weighted by Gasteiger charge is -2.24. The topological polar surface area (TPSA) is 75.5 Å². The molecule has 23 heavy (non-hydrogen) atoms. The predicted octanol–water partition coefficient (Wildman–Crippen LogP) is 0.833. The van der Waals surface area contributed by atoms with Crippen molar-refractivity contribution in [1.29, 1.82) is 0 Å². The van der Waals surface area contributed by atoms with Crippen LogP contribution in [0.4, 0.5) is 0 Å². The number of sulfonamides is 1. The highest BCUT2D eigenvalue weighted by molar-refractivity contribution is 7.89. The summed E-state index contributed by atoms with van der Waals surface area (Å²) in [7, 11) is -1.82. The third kappa shape index (κ3) is 3.42. The van der Waals surface area contributed by atoms with Gasteiger partial charge >= 0.3 is 0 Å². The summed E-state index contributed by atoms with van der Waals surface area (Å²) >= 11 is 0. The van der Waals surface area contributed by atoms with Crippen LogP contribution in [-0.4, -0.2) is 59.5 Å². The lowest BCUT2D eigenvalue weighted by Crippen LogP contribution is -2.39. The highest BCUT2D eigenvalue weighted by Gasteiger charge is 2.32. The Kier molecular flexibility index (Phi) is 4.72. The van der Waals surface area contributed by atoms with Crippen molar-refractivity contribution in [3.05, 3.63) is 12.4 Å². The fourth-order valence-electron chi connectivity index (χ4n) is 3.47. The van der Waals surface area contributed by atoms with Crippen LogP contribution in [0.1, 0.15) is 32.1 Å². The van der Waals surface area contributed by atoms with Gasteiger partial charge in [0, 0.05) is 45.3 Å². The zero-order chi connectivity index (χ0) is 16.4. The lowest BCUT2D eigenvalue weighted by atomic mass is 10.1. The van der Waals surface area contributed by atoms with E-state index < -0.39 is 10.0 Å². The molecule has 0 N–H and O–H groups in total. The van der Waals surface area contributed by atoms with Crippen LogP contribution in [0.2, 0.25) is 0 Å². The van der Waals surface area contributed by atoms with Crippen LogP contribution in [0.15, 0.2) is 17.3 Å². The van der Waals surface area contributed by atoms with Crippen LogP contribution in [0.25, 0.3) is 0 Å². The standard InChI is InChI=1S/C15H24N4O3S/c1-17-12-14(11-16-17)23(21,22)19-8-4-7-18(9-10-19)15(20)13-5-2-3-6-13/h11-13H,2-10H2,1H3. The minimum absolute atomic E-state index is 0.150. The summed E-state index contributed by atoms with van der Waals surface area (Å²) < 4.78 is 28.3. The first-order chi connectivity index (χ1) is 11.0. The van der Waals surface area contributed by atoms with Gasteiger partial charge in [-0.1, -0.05) is 12.8 Å². The quantitative estimate of drug-likeness (QED) is 0.817. The molecule has 3 rings (SSSR count). The molecule has 1 aliphatic carbocycles. The first-order valence-corrected chi connectivity index (χ1v) is 9.70. The second-order valence-corrected chi connectivity index (χ2v) is 8.35. The molecule has 7 nitrogen and oxygen atoms in total. The van der Waals surface area contributed by atoms with E-state index in [0.29, 0.717) is 32.6 Å². The van der Waals surface area contributed by atoms with Crippen molar-refractivity contribution in [1.82, 2.24) is 19.0 Å². The summed E-state index contributed by atoms with van der Waals surface area (Å²) in [6.07, 6.45) is 7.79. The molecule has 1 saturated carbocycles. The Hall–Kier alpha value is -1.41. The third-order valence-electron chi connectivity index (χ3n) is 4.79. The monoisotopic (exact) mass is 340 g/mol. The minimum Gasteiger partial charge on any atom is -0.341 e. The maximum Gasteiger partial charge on any atom is 0.246 e. The molecule has 1 aromatic heterocycles. The predicted molar refractivity (Wildman–Crippen MR) is 85.1 cm³/mol. The van der Waals surface area contributed by atoms with E-state index in [4.69, 9.17) is 0 Å². The number of hydrogen-bond donors (Lipinski definition) is 0. The molecule has 1 saturated heterocycles. The second-order valence-electron chi connectivity index (χ2n) is 6.41. The average Bonchev–Trinajstić information content (AvgIpc) is 3.13. The summed E-state index contributed by atoms with van der Waals surface area (Å²) in [5, 5.41) is 3.94. The molecule has 0 bridgehead atoms. The Bertz CT molecular complexity index is 664. The lowest BCUT2D eigenvalue weighted by molar-refractivity contribution is -0.135. The number of hydrogen-bond acceptors (Lipinski definition) is 4. The van der Waals surface area contributed by atoms with E-state index in [1.807, 2.05) is 4.90 Å². The average molecular weight is 340 g/mol. The largest absolute Gasteiger partial charge is 0.341 e. The number of aromatic nitrogens is 2. The summed E-state index contributed by atoms with van der Waals surface area (Å²) in [5.74, 6) is 0.361.